The zero-order valence-corrected chi connectivity index (χ0v) is 15.2. The predicted molar refractivity (Wildman–Crippen MR) is 103 cm³/mol. The van der Waals surface area contributed by atoms with Gasteiger partial charge in [0.25, 0.3) is 0 Å². The van der Waals surface area contributed by atoms with Gasteiger partial charge in [-0.15, -0.1) is 0 Å². The number of para-hydroxylation sites is 1. The number of halogens is 1. The van der Waals surface area contributed by atoms with E-state index in [2.05, 4.69) is 70.6 Å². The molecule has 0 saturated carbocycles. The smallest absolute Gasteiger partial charge is 0.119 e. The molecule has 0 heterocycles. The first-order valence-electron chi connectivity index (χ1n) is 7.96. The van der Waals surface area contributed by atoms with Crippen LogP contribution in [0.15, 0.2) is 77.3 Å². The molecule has 2 nitrogen and oxygen atoms in total. The van der Waals surface area contributed by atoms with E-state index in [-0.39, 0.29) is 0 Å². The summed E-state index contributed by atoms with van der Waals surface area (Å²) in [6.07, 6.45) is 0. The van der Waals surface area contributed by atoms with E-state index in [9.17, 15) is 0 Å². The van der Waals surface area contributed by atoms with E-state index in [1.807, 2.05) is 30.3 Å². The van der Waals surface area contributed by atoms with Crippen LogP contribution in [0.2, 0.25) is 0 Å². The van der Waals surface area contributed by atoms with Crippen LogP contribution in [-0.2, 0) is 13.2 Å². The van der Waals surface area contributed by atoms with Crippen molar-refractivity contribution >= 4 is 21.6 Å². The Hall–Kier alpha value is -2.26. The zero-order valence-electron chi connectivity index (χ0n) is 13.6. The minimum absolute atomic E-state index is 0.577. The maximum absolute atomic E-state index is 5.83. The lowest BCUT2D eigenvalue weighted by atomic mass is 10.1. The van der Waals surface area contributed by atoms with Gasteiger partial charge in [-0.25, -0.2) is 0 Å². The Kier molecular flexibility index (Phi) is 5.55. The van der Waals surface area contributed by atoms with Gasteiger partial charge < -0.3 is 10.1 Å². The second kappa shape index (κ2) is 8.02. The van der Waals surface area contributed by atoms with Crippen LogP contribution in [0, 0.1) is 6.92 Å². The highest BCUT2D eigenvalue weighted by molar-refractivity contribution is 9.10. The number of rotatable bonds is 6. The summed E-state index contributed by atoms with van der Waals surface area (Å²) in [4.78, 5) is 0. The molecule has 1 N–H and O–H groups in total. The van der Waals surface area contributed by atoms with E-state index in [0.717, 1.165) is 22.3 Å². The molecule has 0 spiro atoms. The Labute approximate surface area is 151 Å². The van der Waals surface area contributed by atoms with E-state index >= 15 is 0 Å². The predicted octanol–water partition coefficient (Wildman–Crippen LogP) is 5.95. The zero-order chi connectivity index (χ0) is 16.8. The highest BCUT2D eigenvalue weighted by atomic mass is 79.9. The Morgan fingerprint density at radius 1 is 0.833 bits per heavy atom. The number of ether oxygens (including phenoxy) is 1. The molecule has 3 aromatic rings. The summed E-state index contributed by atoms with van der Waals surface area (Å²) in [5.74, 6) is 0.887. The van der Waals surface area contributed by atoms with Crippen molar-refractivity contribution < 1.29 is 4.74 Å². The quantitative estimate of drug-likeness (QED) is 0.569. The highest BCUT2D eigenvalue weighted by Crippen LogP contribution is 2.18. The Balaban J connectivity index is 1.53. The van der Waals surface area contributed by atoms with Crippen LogP contribution < -0.4 is 10.1 Å². The average molecular weight is 382 g/mol. The molecule has 0 amide bonds. The van der Waals surface area contributed by atoms with Crippen molar-refractivity contribution in [1.82, 2.24) is 0 Å². The van der Waals surface area contributed by atoms with Crippen LogP contribution in [0.5, 0.6) is 5.75 Å². The first-order valence-corrected chi connectivity index (χ1v) is 8.76. The van der Waals surface area contributed by atoms with Crippen LogP contribution in [0.25, 0.3) is 0 Å². The highest BCUT2D eigenvalue weighted by Gasteiger charge is 1.99. The van der Waals surface area contributed by atoms with Crippen molar-refractivity contribution in [3.05, 3.63) is 94.0 Å². The van der Waals surface area contributed by atoms with Crippen LogP contribution in [0.1, 0.15) is 16.7 Å². The third kappa shape index (κ3) is 4.62. The molecule has 0 saturated heterocycles. The molecule has 3 aromatic carbocycles. The molecule has 0 aliphatic carbocycles. The van der Waals surface area contributed by atoms with Crippen molar-refractivity contribution in [2.45, 2.75) is 20.1 Å². The molecular weight excluding hydrogens is 362 g/mol. The molecule has 24 heavy (non-hydrogen) atoms. The van der Waals surface area contributed by atoms with Gasteiger partial charge in [-0.1, -0.05) is 58.4 Å². The summed E-state index contributed by atoms with van der Waals surface area (Å²) in [5, 5.41) is 3.47. The van der Waals surface area contributed by atoms with Crippen LogP contribution >= 0.6 is 15.9 Å². The Morgan fingerprint density at radius 2 is 1.50 bits per heavy atom. The van der Waals surface area contributed by atoms with Gasteiger partial charge in [0.05, 0.1) is 0 Å². The lowest BCUT2D eigenvalue weighted by Gasteiger charge is -2.10. The summed E-state index contributed by atoms with van der Waals surface area (Å²) in [7, 11) is 0. The van der Waals surface area contributed by atoms with Gasteiger partial charge in [0.15, 0.2) is 0 Å². The van der Waals surface area contributed by atoms with E-state index in [1.54, 1.807) is 0 Å². The molecule has 3 rings (SSSR count). The molecule has 0 bridgehead atoms. The molecule has 0 aliphatic heterocycles. The normalized spacial score (nSPS) is 10.4. The van der Waals surface area contributed by atoms with Crippen LogP contribution in [-0.4, -0.2) is 0 Å². The van der Waals surface area contributed by atoms with E-state index in [1.165, 1.54) is 16.8 Å². The molecule has 0 fully saturated rings. The van der Waals surface area contributed by atoms with Gasteiger partial charge >= 0.3 is 0 Å². The largest absolute Gasteiger partial charge is 0.489 e. The monoisotopic (exact) mass is 381 g/mol. The van der Waals surface area contributed by atoms with E-state index in [4.69, 9.17) is 4.74 Å². The fourth-order valence-corrected chi connectivity index (χ4v) is 2.68. The third-order valence-corrected chi connectivity index (χ3v) is 4.40. The molecule has 3 heteroatoms. The third-order valence-electron chi connectivity index (χ3n) is 3.87. The van der Waals surface area contributed by atoms with Gasteiger partial charge in [-0.2, -0.15) is 0 Å². The molecular formula is C21H20BrNO. The van der Waals surface area contributed by atoms with Crippen molar-refractivity contribution in [3.63, 3.8) is 0 Å². The number of hydrogen-bond acceptors (Lipinski definition) is 2. The molecule has 0 aliphatic rings. The van der Waals surface area contributed by atoms with Gasteiger partial charge in [-0.05, 0) is 53.9 Å². The molecule has 122 valence electrons. The van der Waals surface area contributed by atoms with Crippen molar-refractivity contribution in [1.29, 1.82) is 0 Å². The van der Waals surface area contributed by atoms with Gasteiger partial charge in [-0.3, -0.25) is 0 Å². The summed E-state index contributed by atoms with van der Waals surface area (Å²) in [6.45, 7) is 3.49. The first kappa shape index (κ1) is 16.6. The molecule has 0 aromatic heterocycles. The van der Waals surface area contributed by atoms with Gasteiger partial charge in [0.1, 0.15) is 12.4 Å². The second-order valence-corrected chi connectivity index (χ2v) is 6.64. The summed E-state index contributed by atoms with van der Waals surface area (Å²) < 4.78 is 6.91. The lowest BCUT2D eigenvalue weighted by molar-refractivity contribution is 0.306. The number of aryl methyl sites for hydroxylation is 1. The first-order chi connectivity index (χ1) is 11.7. The topological polar surface area (TPSA) is 21.3 Å². The fraction of sp³-hybridized carbons (Fsp3) is 0.143. The fourth-order valence-electron chi connectivity index (χ4n) is 2.42. The number of nitrogens with one attached hydrogen (secondary N) is 1. The van der Waals surface area contributed by atoms with Gasteiger partial charge in [0.2, 0.25) is 0 Å². The van der Waals surface area contributed by atoms with E-state index in [0.29, 0.717) is 6.61 Å². The maximum atomic E-state index is 5.83. The number of benzene rings is 3. The lowest BCUT2D eigenvalue weighted by Crippen LogP contribution is -2.01. The Morgan fingerprint density at radius 3 is 2.21 bits per heavy atom. The number of anilines is 1. The summed E-state index contributed by atoms with van der Waals surface area (Å²) in [5.41, 5.74) is 4.82. The van der Waals surface area contributed by atoms with Crippen LogP contribution in [0.3, 0.4) is 0 Å². The standard InChI is InChI=1S/C21H20BrNO/c1-16-4-2-3-5-21(16)23-14-17-8-12-20(13-9-17)24-15-18-6-10-19(22)11-7-18/h2-13,23H,14-15H2,1H3. The second-order valence-electron chi connectivity index (χ2n) is 5.73. The maximum Gasteiger partial charge on any atom is 0.119 e. The number of hydrogen-bond donors (Lipinski definition) is 1. The Bertz CT molecular complexity index is 782. The van der Waals surface area contributed by atoms with Crippen LogP contribution in [0.4, 0.5) is 5.69 Å². The van der Waals surface area contributed by atoms with Crippen molar-refractivity contribution in [3.8, 4) is 5.75 Å². The summed E-state index contributed by atoms with van der Waals surface area (Å²) >= 11 is 3.44. The summed E-state index contributed by atoms with van der Waals surface area (Å²) in [6, 6.07) is 24.7. The molecule has 0 unspecified atom stereocenters. The molecule has 0 radical (unpaired) electrons. The average Bonchev–Trinajstić information content (AvgIpc) is 2.61. The van der Waals surface area contributed by atoms with E-state index < -0.39 is 0 Å². The SMILES string of the molecule is Cc1ccccc1NCc1ccc(OCc2ccc(Br)cc2)cc1. The minimum atomic E-state index is 0.577. The van der Waals surface area contributed by atoms with Gasteiger partial charge in [0, 0.05) is 16.7 Å². The van der Waals surface area contributed by atoms with Crippen molar-refractivity contribution in [2.24, 2.45) is 0 Å². The molecule has 0 atom stereocenters. The minimum Gasteiger partial charge on any atom is -0.489 e. The van der Waals surface area contributed by atoms with Crippen molar-refractivity contribution in [2.75, 3.05) is 5.32 Å².